The second-order valence-corrected chi connectivity index (χ2v) is 7.19. The molecule has 0 aromatic carbocycles. The standard InChI is InChI=1S/C15H24N2S/c1-3-16-15(2,10-11-6-4-7-11)14-17-12-8-5-9-13(12)18-14/h11,16H,3-10H2,1-2H3. The van der Waals surface area contributed by atoms with Crippen molar-refractivity contribution in [3.8, 4) is 0 Å². The number of aromatic nitrogens is 1. The van der Waals surface area contributed by atoms with Gasteiger partial charge in [0, 0.05) is 4.88 Å². The highest BCUT2D eigenvalue weighted by Crippen LogP contribution is 2.41. The third-order valence-electron chi connectivity index (χ3n) is 4.56. The molecule has 1 saturated carbocycles. The summed E-state index contributed by atoms with van der Waals surface area (Å²) in [6.45, 7) is 5.61. The Morgan fingerprint density at radius 1 is 1.33 bits per heavy atom. The Balaban J connectivity index is 1.81. The Hall–Kier alpha value is -0.410. The Morgan fingerprint density at radius 2 is 2.17 bits per heavy atom. The molecule has 18 heavy (non-hydrogen) atoms. The fourth-order valence-electron chi connectivity index (χ4n) is 3.33. The van der Waals surface area contributed by atoms with Gasteiger partial charge in [-0.2, -0.15) is 0 Å². The largest absolute Gasteiger partial charge is 0.306 e. The number of nitrogens with zero attached hydrogens (tertiary/aromatic N) is 1. The molecule has 1 fully saturated rings. The summed E-state index contributed by atoms with van der Waals surface area (Å²) in [5.41, 5.74) is 1.52. The zero-order valence-electron chi connectivity index (χ0n) is 11.6. The van der Waals surface area contributed by atoms with Crippen LogP contribution in [0.25, 0.3) is 0 Å². The van der Waals surface area contributed by atoms with Gasteiger partial charge >= 0.3 is 0 Å². The van der Waals surface area contributed by atoms with E-state index >= 15 is 0 Å². The van der Waals surface area contributed by atoms with Gasteiger partial charge in [-0.15, -0.1) is 11.3 Å². The second-order valence-electron chi connectivity index (χ2n) is 6.11. The zero-order valence-corrected chi connectivity index (χ0v) is 12.4. The van der Waals surface area contributed by atoms with Crippen molar-refractivity contribution in [1.82, 2.24) is 10.3 Å². The maximum atomic E-state index is 4.95. The first-order valence-electron chi connectivity index (χ1n) is 7.45. The molecule has 100 valence electrons. The molecule has 1 aromatic heterocycles. The van der Waals surface area contributed by atoms with Gasteiger partial charge in [-0.3, -0.25) is 0 Å². The summed E-state index contributed by atoms with van der Waals surface area (Å²) in [5, 5.41) is 5.06. The topological polar surface area (TPSA) is 24.9 Å². The SMILES string of the molecule is CCNC(C)(CC1CCC1)c1nc2c(s1)CCC2. The molecule has 1 heterocycles. The average molecular weight is 264 g/mol. The highest BCUT2D eigenvalue weighted by Gasteiger charge is 2.35. The first kappa shape index (κ1) is 12.6. The molecule has 1 atom stereocenters. The molecule has 0 radical (unpaired) electrons. The lowest BCUT2D eigenvalue weighted by Crippen LogP contribution is -2.42. The summed E-state index contributed by atoms with van der Waals surface area (Å²) in [6.07, 6.45) is 9.33. The van der Waals surface area contributed by atoms with Crippen LogP contribution in [0.3, 0.4) is 0 Å². The second kappa shape index (κ2) is 4.93. The highest BCUT2D eigenvalue weighted by molar-refractivity contribution is 7.12. The molecular weight excluding hydrogens is 240 g/mol. The van der Waals surface area contributed by atoms with Gasteiger partial charge in [-0.25, -0.2) is 4.98 Å². The lowest BCUT2D eigenvalue weighted by atomic mass is 9.76. The van der Waals surface area contributed by atoms with E-state index in [1.54, 1.807) is 4.88 Å². The zero-order chi connectivity index (χ0) is 12.6. The summed E-state index contributed by atoms with van der Waals surface area (Å²) in [7, 11) is 0. The summed E-state index contributed by atoms with van der Waals surface area (Å²) < 4.78 is 0. The Morgan fingerprint density at radius 3 is 2.78 bits per heavy atom. The van der Waals surface area contributed by atoms with Gasteiger partial charge in [0.05, 0.1) is 11.2 Å². The van der Waals surface area contributed by atoms with Crippen molar-refractivity contribution in [2.24, 2.45) is 5.92 Å². The molecule has 0 amide bonds. The number of hydrogen-bond acceptors (Lipinski definition) is 3. The lowest BCUT2D eigenvalue weighted by molar-refractivity contribution is 0.205. The molecule has 0 spiro atoms. The van der Waals surface area contributed by atoms with Crippen LogP contribution >= 0.6 is 11.3 Å². The molecule has 1 aromatic rings. The van der Waals surface area contributed by atoms with Gasteiger partial charge in [0.2, 0.25) is 0 Å². The van der Waals surface area contributed by atoms with Crippen LogP contribution < -0.4 is 5.32 Å². The third kappa shape index (κ3) is 2.23. The predicted octanol–water partition coefficient (Wildman–Crippen LogP) is 3.65. The molecular formula is C15H24N2S. The Labute approximate surface area is 114 Å². The summed E-state index contributed by atoms with van der Waals surface area (Å²) in [6, 6.07) is 0. The van der Waals surface area contributed by atoms with Crippen molar-refractivity contribution >= 4 is 11.3 Å². The number of hydrogen-bond donors (Lipinski definition) is 1. The molecule has 2 nitrogen and oxygen atoms in total. The molecule has 2 aliphatic carbocycles. The van der Waals surface area contributed by atoms with E-state index in [4.69, 9.17) is 4.98 Å². The number of nitrogens with one attached hydrogen (secondary N) is 1. The molecule has 1 unspecified atom stereocenters. The van der Waals surface area contributed by atoms with Gasteiger partial charge in [0.1, 0.15) is 5.01 Å². The number of fused-ring (bicyclic) bond motifs is 1. The van der Waals surface area contributed by atoms with E-state index in [-0.39, 0.29) is 5.54 Å². The molecule has 0 saturated heterocycles. The van der Waals surface area contributed by atoms with Crippen molar-refractivity contribution in [2.75, 3.05) is 6.54 Å². The molecule has 3 heteroatoms. The first-order valence-corrected chi connectivity index (χ1v) is 8.27. The van der Waals surface area contributed by atoms with Crippen molar-refractivity contribution in [1.29, 1.82) is 0 Å². The minimum absolute atomic E-state index is 0.120. The Kier molecular flexibility index (Phi) is 3.46. The van der Waals surface area contributed by atoms with Gasteiger partial charge in [0.25, 0.3) is 0 Å². The fraction of sp³-hybridized carbons (Fsp3) is 0.800. The van der Waals surface area contributed by atoms with E-state index in [2.05, 4.69) is 19.2 Å². The van der Waals surface area contributed by atoms with Crippen molar-refractivity contribution in [3.63, 3.8) is 0 Å². The summed E-state index contributed by atoms with van der Waals surface area (Å²) in [4.78, 5) is 6.51. The van der Waals surface area contributed by atoms with Gasteiger partial charge < -0.3 is 5.32 Å². The minimum atomic E-state index is 0.120. The van der Waals surface area contributed by atoms with Crippen LogP contribution in [-0.2, 0) is 18.4 Å². The van der Waals surface area contributed by atoms with Crippen LogP contribution in [0.4, 0.5) is 0 Å². The quantitative estimate of drug-likeness (QED) is 0.878. The fourth-order valence-corrected chi connectivity index (χ4v) is 4.61. The first-order chi connectivity index (χ1) is 8.71. The van der Waals surface area contributed by atoms with E-state index < -0.39 is 0 Å². The van der Waals surface area contributed by atoms with Crippen LogP contribution in [0.2, 0.25) is 0 Å². The third-order valence-corrected chi connectivity index (χ3v) is 5.98. The molecule has 3 rings (SSSR count). The van der Waals surface area contributed by atoms with Crippen LogP contribution in [0.15, 0.2) is 0 Å². The predicted molar refractivity (Wildman–Crippen MR) is 77.1 cm³/mol. The van der Waals surface area contributed by atoms with E-state index in [1.807, 2.05) is 11.3 Å². The highest BCUT2D eigenvalue weighted by atomic mass is 32.1. The van der Waals surface area contributed by atoms with Crippen LogP contribution in [0.5, 0.6) is 0 Å². The van der Waals surface area contributed by atoms with Crippen molar-refractivity contribution in [2.45, 2.75) is 64.3 Å². The Bertz CT molecular complexity index is 401. The van der Waals surface area contributed by atoms with Crippen LogP contribution in [-0.4, -0.2) is 11.5 Å². The molecule has 2 aliphatic rings. The number of rotatable bonds is 5. The van der Waals surface area contributed by atoms with Crippen LogP contribution in [0, 0.1) is 5.92 Å². The normalized spacial score (nSPS) is 22.6. The maximum absolute atomic E-state index is 4.95. The summed E-state index contributed by atoms with van der Waals surface area (Å²) >= 11 is 1.97. The van der Waals surface area contributed by atoms with E-state index in [0.717, 1.165) is 12.5 Å². The lowest BCUT2D eigenvalue weighted by Gasteiger charge is -2.36. The monoisotopic (exact) mass is 264 g/mol. The minimum Gasteiger partial charge on any atom is -0.306 e. The maximum Gasteiger partial charge on any atom is 0.113 e. The summed E-state index contributed by atoms with van der Waals surface area (Å²) in [5.74, 6) is 0.924. The van der Waals surface area contributed by atoms with Gasteiger partial charge in [0.15, 0.2) is 0 Å². The molecule has 0 aliphatic heterocycles. The van der Waals surface area contributed by atoms with Crippen molar-refractivity contribution in [3.05, 3.63) is 15.6 Å². The van der Waals surface area contributed by atoms with E-state index in [1.165, 1.54) is 55.6 Å². The van der Waals surface area contributed by atoms with Gasteiger partial charge in [-0.05, 0) is 45.1 Å². The van der Waals surface area contributed by atoms with Crippen molar-refractivity contribution < 1.29 is 0 Å². The number of aryl methyl sites for hydroxylation is 2. The van der Waals surface area contributed by atoms with Crippen LogP contribution in [0.1, 0.15) is 61.5 Å². The van der Waals surface area contributed by atoms with Gasteiger partial charge in [-0.1, -0.05) is 26.2 Å². The smallest absolute Gasteiger partial charge is 0.113 e. The van der Waals surface area contributed by atoms with E-state index in [9.17, 15) is 0 Å². The molecule has 0 bridgehead atoms. The molecule has 1 N–H and O–H groups in total. The average Bonchev–Trinajstić information content (AvgIpc) is 2.84. The van der Waals surface area contributed by atoms with E-state index in [0.29, 0.717) is 0 Å². The number of thiazole rings is 1.